The van der Waals surface area contributed by atoms with Crippen molar-refractivity contribution >= 4 is 11.9 Å². The maximum atomic E-state index is 11.8. The van der Waals surface area contributed by atoms with Crippen LogP contribution in [0.1, 0.15) is 33.5 Å². The van der Waals surface area contributed by atoms with Crippen molar-refractivity contribution in [2.75, 3.05) is 18.2 Å². The Hall–Kier alpha value is -2.36. The van der Waals surface area contributed by atoms with Crippen molar-refractivity contribution in [1.82, 2.24) is 15.4 Å². The summed E-state index contributed by atoms with van der Waals surface area (Å²) < 4.78 is 5.09. The second-order valence-electron chi connectivity index (χ2n) is 5.46. The van der Waals surface area contributed by atoms with Crippen molar-refractivity contribution in [3.05, 3.63) is 18.1 Å². The van der Waals surface area contributed by atoms with E-state index in [2.05, 4.69) is 15.4 Å². The summed E-state index contributed by atoms with van der Waals surface area (Å²) in [5, 5.41) is 10.4. The Kier molecular flexibility index (Phi) is 6.40. The summed E-state index contributed by atoms with van der Waals surface area (Å²) in [6.45, 7) is 8.83. The van der Waals surface area contributed by atoms with Crippen LogP contribution >= 0.6 is 0 Å². The highest BCUT2D eigenvalue weighted by Gasteiger charge is 2.15. The number of aromatic nitrogens is 2. The second kappa shape index (κ2) is 8.04. The van der Waals surface area contributed by atoms with Crippen LogP contribution in [0.2, 0.25) is 0 Å². The number of rotatable bonds is 6. The van der Waals surface area contributed by atoms with Gasteiger partial charge in [0.25, 0.3) is 0 Å². The number of hydrogen-bond donors (Lipinski definition) is 1. The van der Waals surface area contributed by atoms with E-state index in [4.69, 9.17) is 10.00 Å². The van der Waals surface area contributed by atoms with Crippen LogP contribution in [-0.4, -0.2) is 29.2 Å². The van der Waals surface area contributed by atoms with Gasteiger partial charge in [-0.05, 0) is 11.8 Å². The first-order valence-electron chi connectivity index (χ1n) is 6.86. The lowest BCUT2D eigenvalue weighted by molar-refractivity contribution is 0.131. The second-order valence-corrected chi connectivity index (χ2v) is 5.46. The summed E-state index contributed by atoms with van der Waals surface area (Å²) >= 11 is 0. The molecule has 0 saturated heterocycles. The monoisotopic (exact) mass is 291 g/mol. The van der Waals surface area contributed by atoms with Gasteiger partial charge in [-0.1, -0.05) is 27.7 Å². The number of hydrogen-bond acceptors (Lipinski definition) is 6. The van der Waals surface area contributed by atoms with Crippen LogP contribution in [0.15, 0.2) is 12.3 Å². The Morgan fingerprint density at radius 2 is 2.14 bits per heavy atom. The van der Waals surface area contributed by atoms with Crippen LogP contribution in [0.4, 0.5) is 10.6 Å². The lowest BCUT2D eigenvalue weighted by Crippen LogP contribution is -2.45. The maximum Gasteiger partial charge on any atom is 0.426 e. The molecule has 1 N–H and O–H groups in total. The minimum absolute atomic E-state index is 0.0543. The van der Waals surface area contributed by atoms with Crippen molar-refractivity contribution in [2.24, 2.45) is 11.8 Å². The molecule has 0 aliphatic heterocycles. The third-order valence-corrected chi connectivity index (χ3v) is 2.34. The first kappa shape index (κ1) is 16.7. The van der Waals surface area contributed by atoms with Crippen LogP contribution < -0.4 is 10.4 Å². The van der Waals surface area contributed by atoms with E-state index in [1.54, 1.807) is 11.1 Å². The van der Waals surface area contributed by atoms with Crippen molar-refractivity contribution in [3.63, 3.8) is 0 Å². The van der Waals surface area contributed by atoms with E-state index in [1.807, 2.05) is 33.8 Å². The predicted octanol–water partition coefficient (Wildman–Crippen LogP) is 2.11. The molecule has 1 aromatic heterocycles. The fourth-order valence-electron chi connectivity index (χ4n) is 1.50. The molecule has 0 saturated carbocycles. The highest BCUT2D eigenvalue weighted by molar-refractivity contribution is 5.69. The molecule has 0 aromatic carbocycles. The zero-order chi connectivity index (χ0) is 15.8. The Labute approximate surface area is 124 Å². The number of nitriles is 1. The molecule has 1 aromatic rings. The van der Waals surface area contributed by atoms with Gasteiger partial charge in [0.05, 0.1) is 6.61 Å². The van der Waals surface area contributed by atoms with E-state index < -0.39 is 6.09 Å². The summed E-state index contributed by atoms with van der Waals surface area (Å²) in [6, 6.07) is 3.51. The molecular formula is C14H21N5O2. The SMILES string of the molecule is CC(C)COC(=O)NN(CC(C)C)c1ccnc(C#N)n1. The molecule has 114 valence electrons. The highest BCUT2D eigenvalue weighted by atomic mass is 16.6. The molecule has 0 spiro atoms. The Morgan fingerprint density at radius 3 is 2.71 bits per heavy atom. The first-order valence-corrected chi connectivity index (χ1v) is 6.86. The number of amides is 1. The van der Waals surface area contributed by atoms with Crippen LogP contribution in [0.3, 0.4) is 0 Å². The largest absolute Gasteiger partial charge is 0.448 e. The van der Waals surface area contributed by atoms with E-state index in [9.17, 15) is 4.79 Å². The fraction of sp³-hybridized carbons (Fsp3) is 0.571. The van der Waals surface area contributed by atoms with Crippen molar-refractivity contribution in [3.8, 4) is 6.07 Å². The zero-order valence-electron chi connectivity index (χ0n) is 12.8. The van der Waals surface area contributed by atoms with Gasteiger partial charge in [0.1, 0.15) is 6.07 Å². The number of ether oxygens (including phenoxy) is 1. The van der Waals surface area contributed by atoms with Crippen LogP contribution in [-0.2, 0) is 4.74 Å². The molecule has 7 nitrogen and oxygen atoms in total. The average molecular weight is 291 g/mol. The first-order chi connectivity index (χ1) is 9.92. The summed E-state index contributed by atoms with van der Waals surface area (Å²) in [5.74, 6) is 1.06. The van der Waals surface area contributed by atoms with Gasteiger partial charge in [0.2, 0.25) is 5.82 Å². The molecule has 0 unspecified atom stereocenters. The third-order valence-electron chi connectivity index (χ3n) is 2.34. The summed E-state index contributed by atoms with van der Waals surface area (Å²) in [5.41, 5.74) is 2.64. The Bertz CT molecular complexity index is 510. The minimum atomic E-state index is -0.540. The number of hydrazine groups is 1. The summed E-state index contributed by atoms with van der Waals surface area (Å²) in [7, 11) is 0. The van der Waals surface area contributed by atoms with Gasteiger partial charge in [-0.15, -0.1) is 0 Å². The molecule has 7 heteroatoms. The molecule has 0 aliphatic carbocycles. The number of carbonyl (C=O) groups excluding carboxylic acids is 1. The smallest absolute Gasteiger partial charge is 0.426 e. The highest BCUT2D eigenvalue weighted by Crippen LogP contribution is 2.10. The van der Waals surface area contributed by atoms with Crippen molar-refractivity contribution < 1.29 is 9.53 Å². The predicted molar refractivity (Wildman–Crippen MR) is 78.3 cm³/mol. The Morgan fingerprint density at radius 1 is 1.43 bits per heavy atom. The third kappa shape index (κ3) is 6.08. The fourth-order valence-corrected chi connectivity index (χ4v) is 1.50. The van der Waals surface area contributed by atoms with Gasteiger partial charge < -0.3 is 4.74 Å². The van der Waals surface area contributed by atoms with Crippen molar-refractivity contribution in [2.45, 2.75) is 27.7 Å². The quantitative estimate of drug-likeness (QED) is 0.807. The summed E-state index contributed by atoms with van der Waals surface area (Å²) in [6.07, 6.45) is 0.941. The topological polar surface area (TPSA) is 91.1 Å². The normalized spacial score (nSPS) is 10.3. The Balaban J connectivity index is 2.80. The van der Waals surface area contributed by atoms with Gasteiger partial charge in [-0.2, -0.15) is 10.2 Å². The van der Waals surface area contributed by atoms with Gasteiger partial charge in [-0.3, -0.25) is 5.01 Å². The lowest BCUT2D eigenvalue weighted by atomic mass is 10.2. The van der Waals surface area contributed by atoms with E-state index >= 15 is 0 Å². The molecule has 21 heavy (non-hydrogen) atoms. The van der Waals surface area contributed by atoms with Crippen LogP contribution in [0.25, 0.3) is 0 Å². The molecule has 0 bridgehead atoms. The number of nitrogens with one attached hydrogen (secondary N) is 1. The van der Waals surface area contributed by atoms with Gasteiger partial charge >= 0.3 is 6.09 Å². The van der Waals surface area contributed by atoms with E-state index in [1.165, 1.54) is 6.20 Å². The number of nitrogens with zero attached hydrogens (tertiary/aromatic N) is 4. The lowest BCUT2D eigenvalue weighted by Gasteiger charge is -2.25. The van der Waals surface area contributed by atoms with Crippen LogP contribution in [0.5, 0.6) is 0 Å². The van der Waals surface area contributed by atoms with E-state index in [-0.39, 0.29) is 17.7 Å². The van der Waals surface area contributed by atoms with E-state index in [0.717, 1.165) is 0 Å². The average Bonchev–Trinajstić information content (AvgIpc) is 2.44. The van der Waals surface area contributed by atoms with Gasteiger partial charge in [-0.25, -0.2) is 15.2 Å². The maximum absolute atomic E-state index is 11.8. The minimum Gasteiger partial charge on any atom is -0.448 e. The molecule has 1 rings (SSSR count). The van der Waals surface area contributed by atoms with E-state index in [0.29, 0.717) is 19.0 Å². The molecular weight excluding hydrogens is 270 g/mol. The standard InChI is InChI=1S/C14H21N5O2/c1-10(2)8-19(18-14(20)21-9-11(3)4)13-5-6-16-12(7-15)17-13/h5-6,10-11H,8-9H2,1-4H3,(H,18,20). The molecule has 0 radical (unpaired) electrons. The zero-order valence-corrected chi connectivity index (χ0v) is 12.8. The molecule has 1 amide bonds. The van der Waals surface area contributed by atoms with Crippen molar-refractivity contribution in [1.29, 1.82) is 5.26 Å². The molecule has 1 heterocycles. The van der Waals surface area contributed by atoms with Gasteiger partial charge in [0.15, 0.2) is 5.82 Å². The summed E-state index contributed by atoms with van der Waals surface area (Å²) in [4.78, 5) is 19.7. The number of anilines is 1. The van der Waals surface area contributed by atoms with Crippen LogP contribution in [0, 0.1) is 23.2 Å². The molecule has 0 atom stereocenters. The molecule has 0 fully saturated rings. The number of carbonyl (C=O) groups is 1. The molecule has 0 aliphatic rings. The van der Waals surface area contributed by atoms with Gasteiger partial charge in [0, 0.05) is 18.8 Å².